The van der Waals surface area contributed by atoms with Gasteiger partial charge in [0.2, 0.25) is 0 Å². The molecule has 1 spiro atoms. The molecule has 0 radical (unpaired) electrons. The molecule has 0 amide bonds. The minimum atomic E-state index is -3.42. The summed E-state index contributed by atoms with van der Waals surface area (Å²) in [5.74, 6) is 0. The van der Waals surface area contributed by atoms with Gasteiger partial charge in [-0.2, -0.15) is 9.40 Å². The number of hydrogen-bond acceptors (Lipinski definition) is 4. The van der Waals surface area contributed by atoms with Crippen LogP contribution in [-0.4, -0.2) is 48.7 Å². The Labute approximate surface area is 120 Å². The van der Waals surface area contributed by atoms with E-state index in [0.717, 1.165) is 32.4 Å². The van der Waals surface area contributed by atoms with Crippen molar-refractivity contribution in [2.75, 3.05) is 26.2 Å². The molecule has 0 aromatic carbocycles. The molecule has 0 aliphatic carbocycles. The van der Waals surface area contributed by atoms with E-state index in [1.54, 1.807) is 21.3 Å². The van der Waals surface area contributed by atoms with Crippen LogP contribution in [0.1, 0.15) is 26.2 Å². The lowest BCUT2D eigenvalue weighted by atomic mass is 9.80. The van der Waals surface area contributed by atoms with Crippen LogP contribution in [0, 0.1) is 5.41 Å². The molecule has 1 unspecified atom stereocenters. The second-order valence-electron chi connectivity index (χ2n) is 5.85. The van der Waals surface area contributed by atoms with E-state index in [4.69, 9.17) is 0 Å². The molecule has 0 bridgehead atoms. The number of nitrogens with zero attached hydrogens (tertiary/aromatic N) is 3. The summed E-state index contributed by atoms with van der Waals surface area (Å²) >= 11 is 0. The van der Waals surface area contributed by atoms with E-state index < -0.39 is 10.0 Å². The molecular weight excluding hydrogens is 276 g/mol. The molecule has 7 heteroatoms. The summed E-state index contributed by atoms with van der Waals surface area (Å²) in [7, 11) is -3.42. The monoisotopic (exact) mass is 298 g/mol. The van der Waals surface area contributed by atoms with E-state index in [2.05, 4.69) is 10.4 Å². The lowest BCUT2D eigenvalue weighted by Gasteiger charge is -2.39. The Bertz CT molecular complexity index is 575. The molecule has 1 N–H and O–H groups in total. The molecule has 2 aliphatic rings. The zero-order valence-corrected chi connectivity index (χ0v) is 12.7. The van der Waals surface area contributed by atoms with Crippen LogP contribution in [0.25, 0.3) is 0 Å². The Morgan fingerprint density at radius 2 is 2.30 bits per heavy atom. The van der Waals surface area contributed by atoms with Crippen molar-refractivity contribution in [1.29, 1.82) is 0 Å². The second-order valence-corrected chi connectivity index (χ2v) is 7.74. The third-order valence-electron chi connectivity index (χ3n) is 4.54. The van der Waals surface area contributed by atoms with Crippen molar-refractivity contribution in [3.8, 4) is 0 Å². The van der Waals surface area contributed by atoms with Crippen molar-refractivity contribution in [2.24, 2.45) is 5.41 Å². The van der Waals surface area contributed by atoms with Crippen molar-refractivity contribution in [3.05, 3.63) is 12.3 Å². The number of hydrogen-bond donors (Lipinski definition) is 1. The number of aromatic nitrogens is 2. The first-order valence-corrected chi connectivity index (χ1v) is 8.74. The van der Waals surface area contributed by atoms with Crippen molar-refractivity contribution in [1.82, 2.24) is 19.4 Å². The number of nitrogens with one attached hydrogen (secondary N) is 1. The highest BCUT2D eigenvalue weighted by molar-refractivity contribution is 7.89. The smallest absolute Gasteiger partial charge is 0.260 e. The fraction of sp³-hybridized carbons (Fsp3) is 0.769. The maximum Gasteiger partial charge on any atom is 0.260 e. The van der Waals surface area contributed by atoms with E-state index in [1.165, 1.54) is 0 Å². The average Bonchev–Trinajstić information content (AvgIpc) is 3.08. The summed E-state index contributed by atoms with van der Waals surface area (Å²) < 4.78 is 28.8. The normalized spacial score (nSPS) is 28.2. The van der Waals surface area contributed by atoms with Gasteiger partial charge in [0.15, 0.2) is 5.03 Å². The first-order chi connectivity index (χ1) is 9.57. The van der Waals surface area contributed by atoms with Crippen molar-refractivity contribution < 1.29 is 8.42 Å². The Morgan fingerprint density at radius 1 is 1.45 bits per heavy atom. The number of piperidine rings is 1. The molecule has 2 saturated heterocycles. The number of sulfonamides is 1. The highest BCUT2D eigenvalue weighted by atomic mass is 32.2. The molecule has 6 nitrogen and oxygen atoms in total. The summed E-state index contributed by atoms with van der Waals surface area (Å²) in [5, 5.41) is 7.78. The fourth-order valence-corrected chi connectivity index (χ4v) is 5.17. The quantitative estimate of drug-likeness (QED) is 0.890. The molecule has 1 aromatic heterocycles. The molecule has 2 fully saturated rings. The van der Waals surface area contributed by atoms with Gasteiger partial charge in [-0.25, -0.2) is 8.42 Å². The Morgan fingerprint density at radius 3 is 3.00 bits per heavy atom. The zero-order valence-electron chi connectivity index (χ0n) is 11.9. The molecule has 112 valence electrons. The van der Waals surface area contributed by atoms with Crippen LogP contribution >= 0.6 is 0 Å². The van der Waals surface area contributed by atoms with Crippen LogP contribution in [-0.2, 0) is 16.6 Å². The number of rotatable bonds is 3. The van der Waals surface area contributed by atoms with E-state index in [9.17, 15) is 8.42 Å². The second kappa shape index (κ2) is 5.13. The Kier molecular flexibility index (Phi) is 3.60. The fourth-order valence-electron chi connectivity index (χ4n) is 3.42. The van der Waals surface area contributed by atoms with Crippen LogP contribution in [0.3, 0.4) is 0 Å². The maximum atomic E-state index is 12.8. The Hall–Kier alpha value is -0.920. The van der Waals surface area contributed by atoms with Gasteiger partial charge in [-0.15, -0.1) is 0 Å². The average molecular weight is 298 g/mol. The molecule has 0 saturated carbocycles. The summed E-state index contributed by atoms with van der Waals surface area (Å²) in [6, 6.07) is 1.60. The van der Waals surface area contributed by atoms with Crippen LogP contribution in [0.4, 0.5) is 0 Å². The first kappa shape index (κ1) is 14.0. The lowest BCUT2D eigenvalue weighted by Crippen LogP contribution is -2.47. The van der Waals surface area contributed by atoms with Gasteiger partial charge in [0, 0.05) is 26.2 Å². The van der Waals surface area contributed by atoms with Crippen LogP contribution in [0.2, 0.25) is 0 Å². The van der Waals surface area contributed by atoms with Gasteiger partial charge in [-0.3, -0.25) is 4.68 Å². The van der Waals surface area contributed by atoms with Crippen LogP contribution < -0.4 is 5.32 Å². The summed E-state index contributed by atoms with van der Waals surface area (Å²) in [6.07, 6.45) is 4.71. The van der Waals surface area contributed by atoms with Crippen molar-refractivity contribution in [3.63, 3.8) is 0 Å². The molecular formula is C13H22N4O2S. The van der Waals surface area contributed by atoms with Gasteiger partial charge >= 0.3 is 0 Å². The predicted molar refractivity (Wildman–Crippen MR) is 75.8 cm³/mol. The third kappa shape index (κ3) is 2.27. The van der Waals surface area contributed by atoms with E-state index >= 15 is 0 Å². The summed E-state index contributed by atoms with van der Waals surface area (Å²) in [6.45, 7) is 5.68. The van der Waals surface area contributed by atoms with Gasteiger partial charge in [-0.05, 0) is 44.2 Å². The third-order valence-corrected chi connectivity index (χ3v) is 6.41. The Balaban J connectivity index is 1.87. The minimum Gasteiger partial charge on any atom is -0.316 e. The standard InChI is InChI=1S/C13H22N4O2S/c1-2-17-12(4-7-15-17)20(18,19)16-9-3-5-13(11-16)6-8-14-10-13/h4,7,14H,2-3,5-6,8-11H2,1H3. The minimum absolute atomic E-state index is 0.141. The lowest BCUT2D eigenvalue weighted by molar-refractivity contribution is 0.166. The molecule has 3 rings (SSSR count). The van der Waals surface area contributed by atoms with Gasteiger partial charge in [0.25, 0.3) is 10.0 Å². The number of aryl methyl sites for hydroxylation is 1. The van der Waals surface area contributed by atoms with Crippen LogP contribution in [0.15, 0.2) is 17.3 Å². The summed E-state index contributed by atoms with van der Waals surface area (Å²) in [4.78, 5) is 0. The van der Waals surface area contributed by atoms with E-state index in [1.807, 2.05) is 6.92 Å². The van der Waals surface area contributed by atoms with Gasteiger partial charge in [0.1, 0.15) is 0 Å². The van der Waals surface area contributed by atoms with Gasteiger partial charge in [-0.1, -0.05) is 0 Å². The largest absolute Gasteiger partial charge is 0.316 e. The molecule has 1 aromatic rings. The maximum absolute atomic E-state index is 12.8. The highest BCUT2D eigenvalue weighted by Crippen LogP contribution is 2.37. The summed E-state index contributed by atoms with van der Waals surface area (Å²) in [5.41, 5.74) is 0.141. The zero-order chi connectivity index (χ0) is 14.2. The van der Waals surface area contributed by atoms with E-state index in [0.29, 0.717) is 24.7 Å². The van der Waals surface area contributed by atoms with Crippen LogP contribution in [0.5, 0.6) is 0 Å². The van der Waals surface area contributed by atoms with Gasteiger partial charge in [0.05, 0.1) is 6.20 Å². The van der Waals surface area contributed by atoms with Gasteiger partial charge < -0.3 is 5.32 Å². The topological polar surface area (TPSA) is 67.2 Å². The van der Waals surface area contributed by atoms with Crippen molar-refractivity contribution >= 4 is 10.0 Å². The predicted octanol–water partition coefficient (Wildman–Crippen LogP) is 0.667. The highest BCUT2D eigenvalue weighted by Gasteiger charge is 2.42. The molecule has 3 heterocycles. The first-order valence-electron chi connectivity index (χ1n) is 7.30. The SMILES string of the molecule is CCn1nccc1S(=O)(=O)N1CCCC2(CCNC2)C1. The molecule has 1 atom stereocenters. The van der Waals surface area contributed by atoms with Crippen molar-refractivity contribution in [2.45, 2.75) is 37.8 Å². The van der Waals surface area contributed by atoms with E-state index in [-0.39, 0.29) is 5.41 Å². The molecule has 20 heavy (non-hydrogen) atoms. The molecule has 2 aliphatic heterocycles.